The summed E-state index contributed by atoms with van der Waals surface area (Å²) in [5.41, 5.74) is 5.90. The van der Waals surface area contributed by atoms with Crippen LogP contribution in [0.2, 0.25) is 0 Å². The van der Waals surface area contributed by atoms with E-state index in [9.17, 15) is 0 Å². The number of aryl methyl sites for hydroxylation is 2. The van der Waals surface area contributed by atoms with Gasteiger partial charge in [-0.15, -0.1) is 0 Å². The Balaban J connectivity index is 0.00000304. The molecule has 1 atom stereocenters. The Hall–Kier alpha value is -3.30. The SMILES string of the molecule is C.Cc1nn(CCCN(C)C)c(C)c1-c1cc(N2CCOC[C@H]2C)nc(-c2ccnc3[nH]ccc23)n1. The zero-order chi connectivity index (χ0) is 24.5. The Bertz CT molecular complexity index is 1320. The predicted molar refractivity (Wildman–Crippen MR) is 145 cm³/mol. The van der Waals surface area contributed by atoms with E-state index in [0.29, 0.717) is 19.0 Å². The van der Waals surface area contributed by atoms with Crippen molar-refractivity contribution >= 4 is 16.9 Å². The highest BCUT2D eigenvalue weighted by molar-refractivity contribution is 5.91. The second-order valence-electron chi connectivity index (χ2n) is 9.58. The number of hydrogen-bond acceptors (Lipinski definition) is 7. The molecule has 1 fully saturated rings. The number of H-pyrrole nitrogens is 1. The molecule has 0 radical (unpaired) electrons. The van der Waals surface area contributed by atoms with Gasteiger partial charge in [0.05, 0.1) is 30.6 Å². The second kappa shape index (κ2) is 10.8. The lowest BCUT2D eigenvalue weighted by Gasteiger charge is -2.34. The Morgan fingerprint density at radius 3 is 2.81 bits per heavy atom. The van der Waals surface area contributed by atoms with Crippen LogP contribution in [0.4, 0.5) is 5.82 Å². The van der Waals surface area contributed by atoms with E-state index < -0.39 is 0 Å². The Labute approximate surface area is 213 Å². The maximum atomic E-state index is 5.69. The number of rotatable bonds is 7. The van der Waals surface area contributed by atoms with Crippen LogP contribution in [0.3, 0.4) is 0 Å². The Morgan fingerprint density at radius 1 is 1.19 bits per heavy atom. The van der Waals surface area contributed by atoms with Gasteiger partial charge in [-0.2, -0.15) is 5.10 Å². The van der Waals surface area contributed by atoms with E-state index in [0.717, 1.165) is 71.1 Å². The third kappa shape index (κ3) is 4.99. The molecule has 1 N–H and O–H groups in total. The number of fused-ring (bicyclic) bond motifs is 1. The lowest BCUT2D eigenvalue weighted by Crippen LogP contribution is -2.44. The van der Waals surface area contributed by atoms with Gasteiger partial charge in [-0.05, 0) is 60.0 Å². The summed E-state index contributed by atoms with van der Waals surface area (Å²) < 4.78 is 7.81. The molecule has 5 heterocycles. The predicted octanol–water partition coefficient (Wildman–Crippen LogP) is 4.31. The van der Waals surface area contributed by atoms with Crippen LogP contribution < -0.4 is 4.90 Å². The van der Waals surface area contributed by atoms with Crippen molar-refractivity contribution in [2.24, 2.45) is 0 Å². The van der Waals surface area contributed by atoms with Crippen molar-refractivity contribution < 1.29 is 4.74 Å². The normalized spacial score (nSPS) is 16.1. The van der Waals surface area contributed by atoms with Crippen LogP contribution in [0, 0.1) is 13.8 Å². The molecule has 4 aromatic heterocycles. The van der Waals surface area contributed by atoms with Gasteiger partial charge in [0.2, 0.25) is 0 Å². The molecule has 0 amide bonds. The van der Waals surface area contributed by atoms with Crippen LogP contribution in [0.5, 0.6) is 0 Å². The number of nitrogens with zero attached hydrogens (tertiary/aromatic N) is 7. The molecule has 0 saturated carbocycles. The summed E-state index contributed by atoms with van der Waals surface area (Å²) in [5, 5.41) is 5.89. The van der Waals surface area contributed by atoms with E-state index in [1.54, 1.807) is 6.20 Å². The van der Waals surface area contributed by atoms with Crippen molar-refractivity contribution in [2.45, 2.75) is 47.2 Å². The number of morpholine rings is 1. The molecule has 9 nitrogen and oxygen atoms in total. The molecule has 5 rings (SSSR count). The maximum Gasteiger partial charge on any atom is 0.162 e. The quantitative estimate of drug-likeness (QED) is 0.413. The second-order valence-corrected chi connectivity index (χ2v) is 9.58. The Kier molecular flexibility index (Phi) is 7.70. The number of hydrogen-bond donors (Lipinski definition) is 1. The topological polar surface area (TPSA) is 88.0 Å². The van der Waals surface area contributed by atoms with Crippen molar-refractivity contribution in [1.29, 1.82) is 0 Å². The molecule has 192 valence electrons. The number of ether oxygens (including phenoxy) is 1. The van der Waals surface area contributed by atoms with Crippen LogP contribution >= 0.6 is 0 Å². The standard InChI is InChI=1S/C26H34N8O.CH4/c1-17-16-35-14-13-33(17)23-15-22(24-18(2)31-34(19(24)3)12-6-11-32(4)5)29-26(30-23)21-8-10-28-25-20(21)7-9-27-25;/h7-10,15,17H,6,11-14,16H2,1-5H3,(H,27,28);1H4/t17-;/m1./s1. The molecule has 0 bridgehead atoms. The molecule has 36 heavy (non-hydrogen) atoms. The van der Waals surface area contributed by atoms with Gasteiger partial charge in [0, 0.05) is 53.8 Å². The summed E-state index contributed by atoms with van der Waals surface area (Å²) in [6, 6.07) is 6.37. The van der Waals surface area contributed by atoms with E-state index in [1.807, 2.05) is 18.3 Å². The smallest absolute Gasteiger partial charge is 0.162 e. The van der Waals surface area contributed by atoms with E-state index in [-0.39, 0.29) is 13.5 Å². The number of aromatic amines is 1. The molecule has 0 spiro atoms. The molecule has 1 aliphatic rings. The highest BCUT2D eigenvalue weighted by Crippen LogP contribution is 2.33. The first-order valence-electron chi connectivity index (χ1n) is 12.3. The first-order chi connectivity index (χ1) is 16.9. The summed E-state index contributed by atoms with van der Waals surface area (Å²) in [5.74, 6) is 1.61. The summed E-state index contributed by atoms with van der Waals surface area (Å²) in [6.07, 6.45) is 4.75. The van der Waals surface area contributed by atoms with Gasteiger partial charge in [-0.1, -0.05) is 7.43 Å². The zero-order valence-electron chi connectivity index (χ0n) is 21.2. The number of nitrogens with one attached hydrogen (secondary N) is 1. The van der Waals surface area contributed by atoms with Gasteiger partial charge >= 0.3 is 0 Å². The van der Waals surface area contributed by atoms with Crippen molar-refractivity contribution in [3.05, 3.63) is 42.0 Å². The molecular weight excluding hydrogens is 452 g/mol. The van der Waals surface area contributed by atoms with E-state index in [4.69, 9.17) is 19.8 Å². The largest absolute Gasteiger partial charge is 0.377 e. The number of pyridine rings is 1. The summed E-state index contributed by atoms with van der Waals surface area (Å²) in [7, 11) is 4.20. The zero-order valence-corrected chi connectivity index (χ0v) is 21.2. The molecule has 4 aromatic rings. The fraction of sp³-hybridized carbons (Fsp3) is 0.481. The van der Waals surface area contributed by atoms with Gasteiger partial charge in [-0.3, -0.25) is 4.68 Å². The first-order valence-corrected chi connectivity index (χ1v) is 12.3. The average molecular weight is 491 g/mol. The summed E-state index contributed by atoms with van der Waals surface area (Å²) >= 11 is 0. The minimum Gasteiger partial charge on any atom is -0.377 e. The summed E-state index contributed by atoms with van der Waals surface area (Å²) in [4.78, 5) is 22.3. The van der Waals surface area contributed by atoms with Crippen LogP contribution in [-0.4, -0.2) is 81.1 Å². The van der Waals surface area contributed by atoms with Gasteiger partial charge < -0.3 is 19.5 Å². The van der Waals surface area contributed by atoms with Crippen LogP contribution in [0.1, 0.15) is 32.2 Å². The molecule has 0 aliphatic carbocycles. The maximum absolute atomic E-state index is 5.69. The van der Waals surface area contributed by atoms with E-state index >= 15 is 0 Å². The molecule has 1 saturated heterocycles. The van der Waals surface area contributed by atoms with Gasteiger partial charge in [-0.25, -0.2) is 15.0 Å². The van der Waals surface area contributed by atoms with Crippen LogP contribution in [-0.2, 0) is 11.3 Å². The molecule has 9 heteroatoms. The fourth-order valence-corrected chi connectivity index (χ4v) is 4.88. The van der Waals surface area contributed by atoms with E-state index in [1.165, 1.54) is 0 Å². The summed E-state index contributed by atoms with van der Waals surface area (Å²) in [6.45, 7) is 10.5. The minimum atomic E-state index is 0. The average Bonchev–Trinajstić information content (AvgIpc) is 3.42. The highest BCUT2D eigenvalue weighted by Gasteiger charge is 2.24. The third-order valence-corrected chi connectivity index (χ3v) is 6.69. The lowest BCUT2D eigenvalue weighted by molar-refractivity contribution is 0.0985. The van der Waals surface area contributed by atoms with Crippen molar-refractivity contribution in [3.63, 3.8) is 0 Å². The van der Waals surface area contributed by atoms with Crippen molar-refractivity contribution in [1.82, 2.24) is 34.6 Å². The minimum absolute atomic E-state index is 0. The first kappa shape index (κ1) is 25.8. The lowest BCUT2D eigenvalue weighted by atomic mass is 10.1. The van der Waals surface area contributed by atoms with Crippen LogP contribution in [0.25, 0.3) is 33.7 Å². The van der Waals surface area contributed by atoms with Gasteiger partial charge in [0.1, 0.15) is 11.5 Å². The van der Waals surface area contributed by atoms with Crippen LogP contribution in [0.15, 0.2) is 30.6 Å². The van der Waals surface area contributed by atoms with E-state index in [2.05, 4.69) is 65.4 Å². The molecule has 1 aliphatic heterocycles. The third-order valence-electron chi connectivity index (χ3n) is 6.69. The van der Waals surface area contributed by atoms with Gasteiger partial charge in [0.15, 0.2) is 5.82 Å². The highest BCUT2D eigenvalue weighted by atomic mass is 16.5. The van der Waals surface area contributed by atoms with Crippen molar-refractivity contribution in [3.8, 4) is 22.6 Å². The fourth-order valence-electron chi connectivity index (χ4n) is 4.88. The monoisotopic (exact) mass is 490 g/mol. The molecule has 0 unspecified atom stereocenters. The molecular formula is C27H38N8O. The molecule has 0 aromatic carbocycles. The number of anilines is 1. The van der Waals surface area contributed by atoms with Crippen molar-refractivity contribution in [2.75, 3.05) is 45.3 Å². The Morgan fingerprint density at radius 2 is 2.03 bits per heavy atom. The van der Waals surface area contributed by atoms with Gasteiger partial charge in [0.25, 0.3) is 0 Å². The number of aromatic nitrogens is 6.